The lowest BCUT2D eigenvalue weighted by molar-refractivity contribution is 0.958. The standard InChI is InChI=1S/C13H14BrN/c1-9-4-7-12(14)13(8-9)15-10(2)5-6-11(15)3/h4-8H,1-3H3. The van der Waals surface area contributed by atoms with Gasteiger partial charge in [-0.25, -0.2) is 0 Å². The molecule has 0 radical (unpaired) electrons. The van der Waals surface area contributed by atoms with E-state index in [4.69, 9.17) is 0 Å². The van der Waals surface area contributed by atoms with Crippen LogP contribution in [-0.2, 0) is 0 Å². The van der Waals surface area contributed by atoms with Gasteiger partial charge < -0.3 is 4.57 Å². The maximum absolute atomic E-state index is 3.60. The molecule has 0 saturated carbocycles. The van der Waals surface area contributed by atoms with Crippen LogP contribution in [0.5, 0.6) is 0 Å². The molecule has 2 rings (SSSR count). The van der Waals surface area contributed by atoms with Gasteiger partial charge in [-0.3, -0.25) is 0 Å². The number of nitrogens with zero attached hydrogens (tertiary/aromatic N) is 1. The molecule has 15 heavy (non-hydrogen) atoms. The van der Waals surface area contributed by atoms with Crippen LogP contribution in [0.25, 0.3) is 5.69 Å². The number of hydrogen-bond acceptors (Lipinski definition) is 0. The molecule has 0 aliphatic rings. The van der Waals surface area contributed by atoms with Gasteiger partial charge in [0.05, 0.1) is 5.69 Å². The summed E-state index contributed by atoms with van der Waals surface area (Å²) in [5.74, 6) is 0. The van der Waals surface area contributed by atoms with Gasteiger partial charge in [-0.1, -0.05) is 6.07 Å². The molecule has 0 amide bonds. The maximum atomic E-state index is 3.60. The highest BCUT2D eigenvalue weighted by Crippen LogP contribution is 2.25. The van der Waals surface area contributed by atoms with Crippen molar-refractivity contribution in [2.75, 3.05) is 0 Å². The van der Waals surface area contributed by atoms with Crippen LogP contribution >= 0.6 is 15.9 Å². The molecule has 0 fully saturated rings. The third kappa shape index (κ3) is 1.86. The molecule has 1 aromatic heterocycles. The number of aromatic nitrogens is 1. The normalized spacial score (nSPS) is 10.7. The SMILES string of the molecule is Cc1ccc(Br)c(-n2c(C)ccc2C)c1. The van der Waals surface area contributed by atoms with Gasteiger partial charge in [-0.15, -0.1) is 0 Å². The van der Waals surface area contributed by atoms with Gasteiger partial charge in [-0.05, 0) is 66.5 Å². The molecule has 0 spiro atoms. The van der Waals surface area contributed by atoms with Crippen molar-refractivity contribution in [2.45, 2.75) is 20.8 Å². The van der Waals surface area contributed by atoms with E-state index in [-0.39, 0.29) is 0 Å². The third-order valence-corrected chi connectivity index (χ3v) is 3.28. The predicted octanol–water partition coefficient (Wildman–Crippen LogP) is 4.17. The highest BCUT2D eigenvalue weighted by Gasteiger charge is 2.07. The van der Waals surface area contributed by atoms with E-state index in [9.17, 15) is 0 Å². The summed E-state index contributed by atoms with van der Waals surface area (Å²) in [7, 11) is 0. The first-order valence-corrected chi connectivity index (χ1v) is 5.80. The zero-order valence-electron chi connectivity index (χ0n) is 9.21. The smallest absolute Gasteiger partial charge is 0.0599 e. The fraction of sp³-hybridized carbons (Fsp3) is 0.231. The Labute approximate surface area is 98.9 Å². The second-order valence-corrected chi connectivity index (χ2v) is 4.76. The summed E-state index contributed by atoms with van der Waals surface area (Å²) in [6, 6.07) is 10.7. The molecule has 1 heterocycles. The molecule has 1 nitrogen and oxygen atoms in total. The summed E-state index contributed by atoms with van der Waals surface area (Å²) in [5.41, 5.74) is 5.02. The van der Waals surface area contributed by atoms with Crippen molar-refractivity contribution in [3.05, 3.63) is 51.8 Å². The largest absolute Gasteiger partial charge is 0.317 e. The van der Waals surface area contributed by atoms with E-state index in [0.717, 1.165) is 4.47 Å². The molecule has 0 saturated heterocycles. The van der Waals surface area contributed by atoms with E-state index in [1.807, 2.05) is 0 Å². The second-order valence-electron chi connectivity index (χ2n) is 3.91. The maximum Gasteiger partial charge on any atom is 0.0599 e. The fourth-order valence-corrected chi connectivity index (χ4v) is 2.27. The quantitative estimate of drug-likeness (QED) is 0.728. The summed E-state index contributed by atoms with van der Waals surface area (Å²) in [4.78, 5) is 0. The Morgan fingerprint density at radius 3 is 2.13 bits per heavy atom. The van der Waals surface area contributed by atoms with Gasteiger partial charge in [0, 0.05) is 15.9 Å². The Morgan fingerprint density at radius 2 is 1.53 bits per heavy atom. The van der Waals surface area contributed by atoms with E-state index in [1.165, 1.54) is 22.6 Å². The van der Waals surface area contributed by atoms with Crippen molar-refractivity contribution >= 4 is 15.9 Å². The summed E-state index contributed by atoms with van der Waals surface area (Å²) < 4.78 is 3.40. The molecule has 78 valence electrons. The van der Waals surface area contributed by atoms with Gasteiger partial charge in [0.25, 0.3) is 0 Å². The van der Waals surface area contributed by atoms with E-state index >= 15 is 0 Å². The van der Waals surface area contributed by atoms with E-state index in [2.05, 4.69) is 71.6 Å². The summed E-state index contributed by atoms with van der Waals surface area (Å²) in [5, 5.41) is 0. The van der Waals surface area contributed by atoms with E-state index < -0.39 is 0 Å². The molecule has 0 atom stereocenters. The zero-order chi connectivity index (χ0) is 11.0. The number of halogens is 1. The Hall–Kier alpha value is -1.02. The number of aryl methyl sites for hydroxylation is 3. The van der Waals surface area contributed by atoms with Crippen molar-refractivity contribution in [3.8, 4) is 5.69 Å². The first-order chi connectivity index (χ1) is 7.09. The minimum Gasteiger partial charge on any atom is -0.317 e. The van der Waals surface area contributed by atoms with Gasteiger partial charge >= 0.3 is 0 Å². The first kappa shape index (κ1) is 10.5. The Balaban J connectivity index is 2.68. The van der Waals surface area contributed by atoms with E-state index in [1.54, 1.807) is 0 Å². The summed E-state index contributed by atoms with van der Waals surface area (Å²) in [6.45, 7) is 6.37. The Morgan fingerprint density at radius 1 is 0.933 bits per heavy atom. The first-order valence-electron chi connectivity index (χ1n) is 5.01. The van der Waals surface area contributed by atoms with Gasteiger partial charge in [0.2, 0.25) is 0 Å². The van der Waals surface area contributed by atoms with Crippen molar-refractivity contribution in [1.82, 2.24) is 4.57 Å². The van der Waals surface area contributed by atoms with Crippen LogP contribution < -0.4 is 0 Å². The minimum absolute atomic E-state index is 1.13. The summed E-state index contributed by atoms with van der Waals surface area (Å²) in [6.07, 6.45) is 0. The van der Waals surface area contributed by atoms with Gasteiger partial charge in [-0.2, -0.15) is 0 Å². The van der Waals surface area contributed by atoms with Crippen molar-refractivity contribution in [2.24, 2.45) is 0 Å². The molecule has 2 heteroatoms. The van der Waals surface area contributed by atoms with Crippen molar-refractivity contribution in [1.29, 1.82) is 0 Å². The number of hydrogen-bond donors (Lipinski definition) is 0. The third-order valence-electron chi connectivity index (χ3n) is 2.61. The highest BCUT2D eigenvalue weighted by atomic mass is 79.9. The van der Waals surface area contributed by atoms with Crippen molar-refractivity contribution < 1.29 is 0 Å². The minimum atomic E-state index is 1.13. The molecule has 0 N–H and O–H groups in total. The average Bonchev–Trinajstić information content (AvgIpc) is 2.51. The second kappa shape index (κ2) is 3.86. The lowest BCUT2D eigenvalue weighted by atomic mass is 10.2. The van der Waals surface area contributed by atoms with Crippen LogP contribution in [0.2, 0.25) is 0 Å². The molecule has 0 aliphatic carbocycles. The molecular weight excluding hydrogens is 250 g/mol. The summed E-state index contributed by atoms with van der Waals surface area (Å²) >= 11 is 3.60. The molecule has 0 unspecified atom stereocenters. The lowest BCUT2D eigenvalue weighted by Crippen LogP contribution is -1.99. The van der Waals surface area contributed by atoms with Crippen molar-refractivity contribution in [3.63, 3.8) is 0 Å². The van der Waals surface area contributed by atoms with Crippen LogP contribution in [0.4, 0.5) is 0 Å². The lowest BCUT2D eigenvalue weighted by Gasteiger charge is -2.12. The van der Waals surface area contributed by atoms with Crippen LogP contribution in [-0.4, -0.2) is 4.57 Å². The Bertz CT molecular complexity index is 478. The molecule has 0 bridgehead atoms. The molecule has 1 aromatic carbocycles. The van der Waals surface area contributed by atoms with Crippen LogP contribution in [0, 0.1) is 20.8 Å². The van der Waals surface area contributed by atoms with Crippen LogP contribution in [0.15, 0.2) is 34.8 Å². The monoisotopic (exact) mass is 263 g/mol. The number of benzene rings is 1. The average molecular weight is 264 g/mol. The highest BCUT2D eigenvalue weighted by molar-refractivity contribution is 9.10. The molecular formula is C13H14BrN. The van der Waals surface area contributed by atoms with Gasteiger partial charge in [0.1, 0.15) is 0 Å². The van der Waals surface area contributed by atoms with Crippen LogP contribution in [0.1, 0.15) is 17.0 Å². The van der Waals surface area contributed by atoms with Crippen LogP contribution in [0.3, 0.4) is 0 Å². The zero-order valence-corrected chi connectivity index (χ0v) is 10.8. The Kier molecular flexibility index (Phi) is 2.70. The molecule has 2 aromatic rings. The topological polar surface area (TPSA) is 4.93 Å². The van der Waals surface area contributed by atoms with E-state index in [0.29, 0.717) is 0 Å². The molecule has 0 aliphatic heterocycles. The fourth-order valence-electron chi connectivity index (χ4n) is 1.84. The number of rotatable bonds is 1. The predicted molar refractivity (Wildman–Crippen MR) is 67.7 cm³/mol. The van der Waals surface area contributed by atoms with Gasteiger partial charge in [0.15, 0.2) is 0 Å².